The molecular formula is C29H29FN4O6S. The van der Waals surface area contributed by atoms with E-state index in [4.69, 9.17) is 9.47 Å². The second-order valence-corrected chi connectivity index (χ2v) is 12.5. The van der Waals surface area contributed by atoms with Crippen LogP contribution in [0.3, 0.4) is 0 Å². The van der Waals surface area contributed by atoms with Crippen LogP contribution in [0, 0.1) is 5.82 Å². The van der Waals surface area contributed by atoms with Crippen LogP contribution in [-0.2, 0) is 26.9 Å². The molecular weight excluding hydrogens is 551 g/mol. The molecule has 1 saturated heterocycles. The number of ether oxygens (including phenoxy) is 2. The van der Waals surface area contributed by atoms with Crippen molar-refractivity contribution in [1.29, 1.82) is 0 Å². The Balaban J connectivity index is 1.04. The van der Waals surface area contributed by atoms with Crippen molar-refractivity contribution < 1.29 is 31.9 Å². The molecule has 2 amide bonds. The van der Waals surface area contributed by atoms with Gasteiger partial charge in [0.25, 0.3) is 5.91 Å². The smallest absolute Gasteiger partial charge is 0.254 e. The van der Waals surface area contributed by atoms with Crippen LogP contribution in [0.5, 0.6) is 11.5 Å². The zero-order chi connectivity index (χ0) is 28.6. The van der Waals surface area contributed by atoms with E-state index in [2.05, 4.69) is 15.5 Å². The monoisotopic (exact) mass is 580 g/mol. The molecule has 3 aromatic rings. The molecule has 12 heteroatoms. The van der Waals surface area contributed by atoms with Crippen LogP contribution in [0.1, 0.15) is 21.5 Å². The van der Waals surface area contributed by atoms with Gasteiger partial charge in [0.2, 0.25) is 12.7 Å². The van der Waals surface area contributed by atoms with Crippen molar-refractivity contribution in [1.82, 2.24) is 9.80 Å². The molecule has 0 aromatic heterocycles. The molecule has 3 aliphatic rings. The minimum absolute atomic E-state index is 0.131. The zero-order valence-corrected chi connectivity index (χ0v) is 23.0. The third kappa shape index (κ3) is 6.13. The summed E-state index contributed by atoms with van der Waals surface area (Å²) in [4.78, 5) is 30.1. The maximum absolute atomic E-state index is 13.2. The molecule has 6 rings (SSSR count). The normalized spacial score (nSPS) is 18.4. The molecule has 214 valence electrons. The van der Waals surface area contributed by atoms with E-state index in [-0.39, 0.29) is 18.5 Å². The Morgan fingerprint density at radius 3 is 2.41 bits per heavy atom. The lowest BCUT2D eigenvalue weighted by atomic mass is 10.1. The number of halogens is 1. The highest BCUT2D eigenvalue weighted by Gasteiger charge is 2.31. The topological polar surface area (TPSA) is 117 Å². The molecule has 1 atom stereocenters. The number of hydrogen-bond acceptors (Lipinski definition) is 8. The van der Waals surface area contributed by atoms with Gasteiger partial charge in [-0.1, -0.05) is 18.2 Å². The van der Waals surface area contributed by atoms with Crippen molar-refractivity contribution in [3.8, 4) is 11.5 Å². The maximum Gasteiger partial charge on any atom is 0.254 e. The lowest BCUT2D eigenvalue weighted by Gasteiger charge is -2.35. The summed E-state index contributed by atoms with van der Waals surface area (Å²) in [6.07, 6.45) is 0. The third-order valence-electron chi connectivity index (χ3n) is 7.39. The molecule has 3 heterocycles. The SMILES string of the molecule is O=C1Nc2cc(C(=O)N3CCN(Cc4ccc5c(c4)OCO5)CC3)ccc2NC1CS(=O)(=O)Cc1ccc(F)cc1. The first-order chi connectivity index (χ1) is 19.7. The van der Waals surface area contributed by atoms with Gasteiger partial charge < -0.3 is 25.0 Å². The molecule has 0 radical (unpaired) electrons. The summed E-state index contributed by atoms with van der Waals surface area (Å²) in [5.74, 6) is -0.300. The van der Waals surface area contributed by atoms with Crippen molar-refractivity contribution in [2.75, 3.05) is 49.4 Å². The largest absolute Gasteiger partial charge is 0.454 e. The Bertz CT molecular complexity index is 1590. The van der Waals surface area contributed by atoms with E-state index in [1.165, 1.54) is 24.3 Å². The Morgan fingerprint density at radius 2 is 1.63 bits per heavy atom. The van der Waals surface area contributed by atoms with Gasteiger partial charge in [-0.05, 0) is 53.6 Å². The highest BCUT2D eigenvalue weighted by Crippen LogP contribution is 2.33. The van der Waals surface area contributed by atoms with E-state index in [9.17, 15) is 22.4 Å². The summed E-state index contributed by atoms with van der Waals surface area (Å²) in [6, 6.07) is 15.1. The standard InChI is InChI=1S/C29H29FN4O6S/c30-22-5-1-19(2-6-22)16-41(37,38)17-25-28(35)32-24-14-21(4-7-23(24)31-25)29(36)34-11-9-33(10-12-34)15-20-3-8-26-27(13-20)40-18-39-26/h1-8,13-14,25,31H,9-12,15-18H2,(H,32,35). The van der Waals surface area contributed by atoms with Crippen molar-refractivity contribution in [2.45, 2.75) is 18.3 Å². The van der Waals surface area contributed by atoms with E-state index < -0.39 is 33.4 Å². The summed E-state index contributed by atoms with van der Waals surface area (Å²) < 4.78 is 49.4. The van der Waals surface area contributed by atoms with Crippen molar-refractivity contribution in [3.05, 3.63) is 83.2 Å². The Kier molecular flexibility index (Phi) is 7.26. The number of sulfone groups is 1. The molecule has 0 aliphatic carbocycles. The van der Waals surface area contributed by atoms with Crippen molar-refractivity contribution in [3.63, 3.8) is 0 Å². The summed E-state index contributed by atoms with van der Waals surface area (Å²) >= 11 is 0. The number of nitrogens with one attached hydrogen (secondary N) is 2. The number of amides is 2. The van der Waals surface area contributed by atoms with Crippen molar-refractivity contribution in [2.24, 2.45) is 0 Å². The van der Waals surface area contributed by atoms with Gasteiger partial charge in [0, 0.05) is 38.3 Å². The van der Waals surface area contributed by atoms with Gasteiger partial charge in [0.1, 0.15) is 11.9 Å². The summed E-state index contributed by atoms with van der Waals surface area (Å²) in [7, 11) is -3.67. The molecule has 0 spiro atoms. The average molecular weight is 581 g/mol. The Labute approximate surface area is 237 Å². The summed E-state index contributed by atoms with van der Waals surface area (Å²) in [5, 5.41) is 5.73. The fourth-order valence-corrected chi connectivity index (χ4v) is 6.79. The first kappa shape index (κ1) is 27.0. The predicted molar refractivity (Wildman–Crippen MR) is 150 cm³/mol. The fraction of sp³-hybridized carbons (Fsp3) is 0.310. The highest BCUT2D eigenvalue weighted by atomic mass is 32.2. The van der Waals surface area contributed by atoms with Gasteiger partial charge in [-0.15, -0.1) is 0 Å². The number of anilines is 2. The van der Waals surface area contributed by atoms with E-state index in [1.54, 1.807) is 23.1 Å². The number of carbonyl (C=O) groups is 2. The number of carbonyl (C=O) groups excluding carboxylic acids is 2. The Morgan fingerprint density at radius 1 is 0.902 bits per heavy atom. The van der Waals surface area contributed by atoms with E-state index >= 15 is 0 Å². The third-order valence-corrected chi connectivity index (χ3v) is 9.01. The van der Waals surface area contributed by atoms with Gasteiger partial charge in [-0.3, -0.25) is 14.5 Å². The second kappa shape index (κ2) is 11.0. The lowest BCUT2D eigenvalue weighted by molar-refractivity contribution is -0.116. The second-order valence-electron chi connectivity index (χ2n) is 10.4. The van der Waals surface area contributed by atoms with Crippen LogP contribution in [0.15, 0.2) is 60.7 Å². The number of fused-ring (bicyclic) bond motifs is 2. The highest BCUT2D eigenvalue weighted by molar-refractivity contribution is 7.90. The number of benzene rings is 3. The van der Waals surface area contributed by atoms with Crippen LogP contribution in [0.25, 0.3) is 0 Å². The van der Waals surface area contributed by atoms with Crippen LogP contribution >= 0.6 is 0 Å². The van der Waals surface area contributed by atoms with Crippen LogP contribution in [0.4, 0.5) is 15.8 Å². The minimum atomic E-state index is -3.67. The molecule has 0 saturated carbocycles. The van der Waals surface area contributed by atoms with Gasteiger partial charge >= 0.3 is 0 Å². The number of hydrogen-bond donors (Lipinski definition) is 2. The molecule has 10 nitrogen and oxygen atoms in total. The molecule has 1 unspecified atom stereocenters. The molecule has 2 N–H and O–H groups in total. The van der Waals surface area contributed by atoms with Crippen LogP contribution in [0.2, 0.25) is 0 Å². The van der Waals surface area contributed by atoms with Crippen molar-refractivity contribution >= 4 is 33.0 Å². The molecule has 41 heavy (non-hydrogen) atoms. The predicted octanol–water partition coefficient (Wildman–Crippen LogP) is 2.86. The van der Waals surface area contributed by atoms with E-state index in [0.717, 1.165) is 36.7 Å². The Hall–Kier alpha value is -4.16. The quantitative estimate of drug-likeness (QED) is 0.438. The first-order valence-electron chi connectivity index (χ1n) is 13.3. The molecule has 3 aromatic carbocycles. The van der Waals surface area contributed by atoms with Gasteiger partial charge in [-0.25, -0.2) is 12.8 Å². The van der Waals surface area contributed by atoms with Crippen LogP contribution in [-0.4, -0.2) is 74.8 Å². The average Bonchev–Trinajstić information content (AvgIpc) is 3.42. The number of piperazine rings is 1. The zero-order valence-electron chi connectivity index (χ0n) is 22.1. The number of rotatable bonds is 7. The van der Waals surface area contributed by atoms with Gasteiger partial charge in [0.05, 0.1) is 22.9 Å². The first-order valence-corrected chi connectivity index (χ1v) is 15.1. The van der Waals surface area contributed by atoms with Gasteiger partial charge in [-0.2, -0.15) is 0 Å². The van der Waals surface area contributed by atoms with E-state index in [0.29, 0.717) is 35.6 Å². The minimum Gasteiger partial charge on any atom is -0.454 e. The van der Waals surface area contributed by atoms with E-state index in [1.807, 2.05) is 18.2 Å². The number of nitrogens with zero attached hydrogens (tertiary/aromatic N) is 2. The summed E-state index contributed by atoms with van der Waals surface area (Å²) in [6.45, 7) is 3.56. The van der Waals surface area contributed by atoms with Gasteiger partial charge in [0.15, 0.2) is 21.3 Å². The molecule has 0 bridgehead atoms. The van der Waals surface area contributed by atoms with Crippen LogP contribution < -0.4 is 20.1 Å². The molecule has 3 aliphatic heterocycles. The summed E-state index contributed by atoms with van der Waals surface area (Å²) in [5.41, 5.74) is 2.97. The maximum atomic E-state index is 13.2. The molecule has 1 fully saturated rings. The fourth-order valence-electron chi connectivity index (χ4n) is 5.23. The lowest BCUT2D eigenvalue weighted by Crippen LogP contribution is -2.48.